The van der Waals surface area contributed by atoms with Crippen LogP contribution in [-0.4, -0.2) is 34.1 Å². The van der Waals surface area contributed by atoms with E-state index in [1.165, 1.54) is 0 Å². The van der Waals surface area contributed by atoms with Crippen molar-refractivity contribution >= 4 is 313 Å². The Hall–Kier alpha value is 7.83. The Morgan fingerprint density at radius 3 is 0.300 bits per heavy atom. The maximum absolute atomic E-state index is 6.36. The van der Waals surface area contributed by atoms with E-state index in [1.807, 2.05) is 0 Å². The summed E-state index contributed by atoms with van der Waals surface area (Å²) in [5.74, 6) is -1.73. The Morgan fingerprint density at radius 2 is 0.250 bits per heavy atom. The molecule has 0 spiro atoms. The van der Waals surface area contributed by atoms with Crippen LogP contribution >= 0.6 is 313 Å². The first kappa shape index (κ1) is 47.8. The molecule has 0 nitrogen and oxygen atoms in total. The molecule has 0 saturated carbocycles. The predicted molar refractivity (Wildman–Crippen MR) is 193 cm³/mol. The third-order valence-corrected chi connectivity index (χ3v) is 12.6. The van der Waals surface area contributed by atoms with Crippen LogP contribution in [0.25, 0.3) is 0 Å². The van der Waals surface area contributed by atoms with E-state index in [0.29, 0.717) is 0 Å². The Morgan fingerprint density at radius 1 is 0.175 bits per heavy atom. The zero-order valence-electron chi connectivity index (χ0n) is 16.7. The van der Waals surface area contributed by atoms with Gasteiger partial charge in [0.25, 0.3) is 0 Å². The number of alkyl halides is 27. The lowest BCUT2D eigenvalue weighted by Crippen LogP contribution is -2.79. The molecule has 0 atom stereocenters. The third kappa shape index (κ3) is 8.07. The standard InChI is InChI=1S/C13Cl27/c14-5(15,16)2(6(17,18)19,7(20,21)22)1(3(8(23,24)25,9(26,27)28)10(29,30)31)4(11(32,33)34,12(35,36)37)13(38,39)40. The van der Waals surface area contributed by atoms with Crippen LogP contribution in [0.4, 0.5) is 0 Å². The lowest BCUT2D eigenvalue weighted by molar-refractivity contribution is 0.0802. The molecule has 0 amide bonds. The highest BCUT2D eigenvalue weighted by molar-refractivity contribution is 6.83. The first-order chi connectivity index (χ1) is 16.6. The summed E-state index contributed by atoms with van der Waals surface area (Å²) in [6, 6.07) is 0. The van der Waals surface area contributed by atoms with E-state index in [4.69, 9.17) is 313 Å². The molecule has 0 saturated heterocycles. The van der Waals surface area contributed by atoms with Crippen LogP contribution in [0.5, 0.6) is 0 Å². The summed E-state index contributed by atoms with van der Waals surface area (Å²) in [7, 11) is 0. The molecule has 0 aromatic rings. The van der Waals surface area contributed by atoms with Crippen molar-refractivity contribution in [2.45, 2.75) is 34.1 Å². The van der Waals surface area contributed by atoms with Crippen molar-refractivity contribution in [1.29, 1.82) is 0 Å². The van der Waals surface area contributed by atoms with Gasteiger partial charge in [0.15, 0.2) is 0 Å². The lowest BCUT2D eigenvalue weighted by Gasteiger charge is -2.69. The summed E-state index contributed by atoms with van der Waals surface area (Å²) in [4.78, 5) is 0. The molecule has 0 aromatic heterocycles. The lowest BCUT2D eigenvalue weighted by atomic mass is 9.53. The zero-order chi connectivity index (χ0) is 33.6. The van der Waals surface area contributed by atoms with Gasteiger partial charge in [0, 0.05) is 5.92 Å². The summed E-state index contributed by atoms with van der Waals surface area (Å²) in [5, 5.41) is 0. The van der Waals surface area contributed by atoms with E-state index in [-0.39, 0.29) is 0 Å². The van der Waals surface area contributed by atoms with Crippen molar-refractivity contribution in [2.75, 3.05) is 0 Å². The average Bonchev–Trinajstić information content (AvgIpc) is 2.41. The molecule has 1 radical (unpaired) electrons. The summed E-state index contributed by atoms with van der Waals surface area (Å²) in [6.07, 6.45) is 0. The molecule has 0 rings (SSSR count). The maximum Gasteiger partial charge on any atom is 0.204 e. The number of hydrogen-bond acceptors (Lipinski definition) is 0. The molecule has 0 fully saturated rings. The zero-order valence-corrected chi connectivity index (χ0v) is 37.1. The molecular weight excluding hydrogens is 1110 g/mol. The van der Waals surface area contributed by atoms with Crippen molar-refractivity contribution in [2.24, 2.45) is 16.2 Å². The van der Waals surface area contributed by atoms with E-state index >= 15 is 0 Å². The van der Waals surface area contributed by atoms with Crippen molar-refractivity contribution in [3.05, 3.63) is 5.92 Å². The van der Waals surface area contributed by atoms with Gasteiger partial charge in [-0.3, -0.25) is 0 Å². The largest absolute Gasteiger partial charge is 0.204 e. The average molecular weight is 1110 g/mol. The van der Waals surface area contributed by atoms with Crippen LogP contribution in [-0.2, 0) is 0 Å². The summed E-state index contributed by atoms with van der Waals surface area (Å²) >= 11 is 172. The van der Waals surface area contributed by atoms with Crippen LogP contribution in [0, 0.1) is 22.2 Å². The van der Waals surface area contributed by atoms with Gasteiger partial charge in [0.2, 0.25) is 34.1 Å². The van der Waals surface area contributed by atoms with Crippen LogP contribution < -0.4 is 0 Å². The minimum absolute atomic E-state index is 1.73. The normalized spacial score (nSPS) is 17.1. The fraction of sp³-hybridized carbons (Fsp3) is 0.923. The number of rotatable bonds is 3. The summed E-state index contributed by atoms with van der Waals surface area (Å²) in [6.45, 7) is 0. The highest BCUT2D eigenvalue weighted by Crippen LogP contribution is 2.89. The van der Waals surface area contributed by atoms with Gasteiger partial charge in [-0.15, -0.1) is 0 Å². The topological polar surface area (TPSA) is 0 Å². The van der Waals surface area contributed by atoms with Crippen molar-refractivity contribution in [1.82, 2.24) is 0 Å². The highest BCUT2D eigenvalue weighted by Gasteiger charge is 2.94. The van der Waals surface area contributed by atoms with Crippen LogP contribution in [0.1, 0.15) is 0 Å². The third-order valence-electron chi connectivity index (χ3n) is 4.95. The Labute approximate surface area is 363 Å². The molecule has 0 aromatic carbocycles. The monoisotopic (exact) mass is 1100 g/mol. The smallest absolute Gasteiger partial charge is 0.0827 e. The van der Waals surface area contributed by atoms with Gasteiger partial charge in [-0.2, -0.15) is 0 Å². The second-order valence-corrected chi connectivity index (χ2v) is 27.6. The van der Waals surface area contributed by atoms with Gasteiger partial charge >= 0.3 is 0 Å². The maximum atomic E-state index is 6.36. The molecular formula is C13Cl27. The van der Waals surface area contributed by atoms with Gasteiger partial charge < -0.3 is 0 Å². The number of hydrogen-bond donors (Lipinski definition) is 0. The van der Waals surface area contributed by atoms with Crippen molar-refractivity contribution in [3.8, 4) is 0 Å². The first-order valence-corrected chi connectivity index (χ1v) is 18.3. The highest BCUT2D eigenvalue weighted by atomic mass is 35.6. The minimum Gasteiger partial charge on any atom is -0.0827 e. The SMILES string of the molecule is ClC(Cl)(Cl)C([C](C(C(Cl)(Cl)Cl)(C(Cl)(Cl)Cl)C(Cl)(Cl)Cl)C(C(Cl)(Cl)Cl)(C(Cl)(Cl)Cl)C(Cl)(Cl)Cl)(C(Cl)(Cl)Cl)C(Cl)(Cl)Cl. The van der Waals surface area contributed by atoms with Gasteiger partial charge in [-0.05, 0) is 0 Å². The fourth-order valence-corrected chi connectivity index (χ4v) is 17.7. The van der Waals surface area contributed by atoms with E-state index in [1.54, 1.807) is 0 Å². The molecule has 0 heterocycles. The summed E-state index contributed by atoms with van der Waals surface area (Å²) < 4.78 is -31.0. The van der Waals surface area contributed by atoms with Gasteiger partial charge in [0.05, 0.1) is 0 Å². The fourth-order valence-electron chi connectivity index (χ4n) is 3.57. The van der Waals surface area contributed by atoms with Crippen molar-refractivity contribution in [3.63, 3.8) is 0 Å². The molecule has 40 heavy (non-hydrogen) atoms. The second-order valence-electron chi connectivity index (χ2n) is 7.10. The molecule has 27 heteroatoms. The Kier molecular flexibility index (Phi) is 17.1. The number of halogens is 27. The van der Waals surface area contributed by atoms with Crippen molar-refractivity contribution < 1.29 is 0 Å². The molecule has 241 valence electrons. The van der Waals surface area contributed by atoms with E-state index in [0.717, 1.165) is 0 Å². The predicted octanol–water partition coefficient (Wildman–Crippen LogP) is 16.9. The second kappa shape index (κ2) is 14.3. The van der Waals surface area contributed by atoms with Crippen LogP contribution in [0.15, 0.2) is 0 Å². The van der Waals surface area contributed by atoms with Gasteiger partial charge in [-0.25, -0.2) is 0 Å². The molecule has 0 N–H and O–H groups in total. The van der Waals surface area contributed by atoms with E-state index in [2.05, 4.69) is 0 Å². The first-order valence-electron chi connectivity index (χ1n) is 8.10. The quantitative estimate of drug-likeness (QED) is 0.247. The summed E-state index contributed by atoms with van der Waals surface area (Å²) in [5.41, 5.74) is -11.3. The van der Waals surface area contributed by atoms with Gasteiger partial charge in [0.1, 0.15) is 16.2 Å². The van der Waals surface area contributed by atoms with E-state index < -0.39 is 56.3 Å². The Bertz CT molecular complexity index is 652. The molecule has 0 unspecified atom stereocenters. The van der Waals surface area contributed by atoms with Gasteiger partial charge in [-0.1, -0.05) is 313 Å². The molecule has 0 aliphatic rings. The minimum atomic E-state index is -3.78. The Balaban J connectivity index is 10.1. The van der Waals surface area contributed by atoms with Crippen LogP contribution in [0.3, 0.4) is 0 Å². The van der Waals surface area contributed by atoms with E-state index in [9.17, 15) is 0 Å². The van der Waals surface area contributed by atoms with Crippen LogP contribution in [0.2, 0.25) is 0 Å². The molecule has 0 bridgehead atoms. The molecule has 0 aliphatic heterocycles. The molecule has 0 aliphatic carbocycles.